The fraction of sp³-hybridized carbons (Fsp3) is 0.688. The summed E-state index contributed by atoms with van der Waals surface area (Å²) in [7, 11) is 0. The summed E-state index contributed by atoms with van der Waals surface area (Å²) < 4.78 is 5.45. The van der Waals surface area contributed by atoms with E-state index in [2.05, 4.69) is 16.9 Å². The van der Waals surface area contributed by atoms with Gasteiger partial charge in [0.15, 0.2) is 0 Å². The molecule has 22 heavy (non-hydrogen) atoms. The van der Waals surface area contributed by atoms with Crippen LogP contribution in [0.4, 0.5) is 4.79 Å². The van der Waals surface area contributed by atoms with Gasteiger partial charge in [0.2, 0.25) is 0 Å². The molecule has 0 radical (unpaired) electrons. The van der Waals surface area contributed by atoms with Gasteiger partial charge in [-0.3, -0.25) is 0 Å². The number of aliphatic hydroxyl groups is 1. The molecular weight excluding hydrogens is 300 g/mol. The molecular formula is C16H26N2O3S. The van der Waals surface area contributed by atoms with E-state index in [1.807, 2.05) is 31.7 Å². The highest BCUT2D eigenvalue weighted by atomic mass is 32.2. The van der Waals surface area contributed by atoms with Gasteiger partial charge in [0.25, 0.3) is 0 Å². The number of furan rings is 1. The quantitative estimate of drug-likeness (QED) is 0.778. The van der Waals surface area contributed by atoms with Crippen molar-refractivity contribution in [3.63, 3.8) is 0 Å². The maximum absolute atomic E-state index is 12.0. The molecule has 6 heteroatoms. The zero-order chi connectivity index (χ0) is 16.3. The smallest absolute Gasteiger partial charge is 0.315 e. The van der Waals surface area contributed by atoms with Crippen LogP contribution in [-0.4, -0.2) is 35.2 Å². The molecule has 0 aliphatic heterocycles. The Labute approximate surface area is 136 Å². The molecule has 0 aromatic carbocycles. The molecule has 5 nitrogen and oxygen atoms in total. The van der Waals surface area contributed by atoms with E-state index in [9.17, 15) is 9.90 Å². The van der Waals surface area contributed by atoms with Crippen molar-refractivity contribution in [1.82, 2.24) is 10.6 Å². The number of amides is 2. The lowest BCUT2D eigenvalue weighted by Crippen LogP contribution is -2.46. The molecule has 1 aliphatic carbocycles. The largest absolute Gasteiger partial charge is 0.466 e. The van der Waals surface area contributed by atoms with Crippen molar-refractivity contribution in [1.29, 1.82) is 0 Å². The Morgan fingerprint density at radius 3 is 2.77 bits per heavy atom. The van der Waals surface area contributed by atoms with E-state index >= 15 is 0 Å². The van der Waals surface area contributed by atoms with E-state index in [-0.39, 0.29) is 18.6 Å². The Morgan fingerprint density at radius 1 is 1.50 bits per heavy atom. The SMILES string of the molecule is CSC1CCC(NC(=O)NCC(C)(O)c2cc(C)oc2C)C1. The highest BCUT2D eigenvalue weighted by Crippen LogP contribution is 2.28. The molecule has 1 aromatic rings. The number of hydrogen-bond acceptors (Lipinski definition) is 4. The van der Waals surface area contributed by atoms with Crippen LogP contribution in [0.3, 0.4) is 0 Å². The van der Waals surface area contributed by atoms with E-state index in [0.29, 0.717) is 16.6 Å². The molecule has 124 valence electrons. The number of carbonyl (C=O) groups excluding carboxylic acids is 1. The number of rotatable bonds is 5. The van der Waals surface area contributed by atoms with Crippen LogP contribution >= 0.6 is 11.8 Å². The zero-order valence-corrected chi connectivity index (χ0v) is 14.5. The predicted octanol–water partition coefficient (Wildman–Crippen LogP) is 2.69. The second kappa shape index (κ2) is 6.96. The van der Waals surface area contributed by atoms with Crippen LogP contribution in [0.25, 0.3) is 0 Å². The first kappa shape index (κ1) is 17.2. The number of thioether (sulfide) groups is 1. The lowest BCUT2D eigenvalue weighted by Gasteiger charge is -2.24. The third-order valence-electron chi connectivity index (χ3n) is 4.27. The minimum absolute atomic E-state index is 0.150. The average Bonchev–Trinajstić information content (AvgIpc) is 3.03. The van der Waals surface area contributed by atoms with Crippen molar-refractivity contribution in [3.05, 3.63) is 23.2 Å². The highest BCUT2D eigenvalue weighted by molar-refractivity contribution is 7.99. The van der Waals surface area contributed by atoms with E-state index < -0.39 is 5.60 Å². The second-order valence-corrected chi connectivity index (χ2v) is 7.43. The predicted molar refractivity (Wildman–Crippen MR) is 89.2 cm³/mol. The van der Waals surface area contributed by atoms with Gasteiger partial charge in [-0.1, -0.05) is 0 Å². The zero-order valence-electron chi connectivity index (χ0n) is 13.7. The summed E-state index contributed by atoms with van der Waals surface area (Å²) in [4.78, 5) is 12.0. The van der Waals surface area contributed by atoms with Gasteiger partial charge in [0, 0.05) is 16.9 Å². The summed E-state index contributed by atoms with van der Waals surface area (Å²) in [5.41, 5.74) is -0.426. The third kappa shape index (κ3) is 4.20. The van der Waals surface area contributed by atoms with Gasteiger partial charge < -0.3 is 20.2 Å². The summed E-state index contributed by atoms with van der Waals surface area (Å²) in [6.07, 6.45) is 5.30. The monoisotopic (exact) mass is 326 g/mol. The molecule has 3 unspecified atom stereocenters. The lowest BCUT2D eigenvalue weighted by molar-refractivity contribution is 0.0577. The van der Waals surface area contributed by atoms with Crippen molar-refractivity contribution in [3.8, 4) is 0 Å². The van der Waals surface area contributed by atoms with Crippen molar-refractivity contribution in [2.45, 2.75) is 56.9 Å². The molecule has 1 saturated carbocycles. The highest BCUT2D eigenvalue weighted by Gasteiger charge is 2.29. The van der Waals surface area contributed by atoms with Crippen molar-refractivity contribution >= 4 is 17.8 Å². The first-order valence-electron chi connectivity index (χ1n) is 7.69. The van der Waals surface area contributed by atoms with E-state index in [4.69, 9.17) is 4.42 Å². The van der Waals surface area contributed by atoms with Gasteiger partial charge in [-0.05, 0) is 52.4 Å². The van der Waals surface area contributed by atoms with E-state index in [0.717, 1.165) is 25.0 Å². The summed E-state index contributed by atoms with van der Waals surface area (Å²) in [5, 5.41) is 17.0. The fourth-order valence-electron chi connectivity index (χ4n) is 3.03. The summed E-state index contributed by atoms with van der Waals surface area (Å²) in [6.45, 7) is 5.49. The lowest BCUT2D eigenvalue weighted by atomic mass is 9.96. The number of aryl methyl sites for hydroxylation is 2. The van der Waals surface area contributed by atoms with Gasteiger partial charge in [-0.15, -0.1) is 0 Å². The van der Waals surface area contributed by atoms with Gasteiger partial charge in [0.1, 0.15) is 17.1 Å². The van der Waals surface area contributed by atoms with Crippen LogP contribution in [0, 0.1) is 13.8 Å². The van der Waals surface area contributed by atoms with Crippen LogP contribution < -0.4 is 10.6 Å². The minimum Gasteiger partial charge on any atom is -0.466 e. The number of hydrogen-bond donors (Lipinski definition) is 3. The molecule has 3 N–H and O–H groups in total. The number of urea groups is 1. The molecule has 1 aromatic heterocycles. The van der Waals surface area contributed by atoms with Crippen LogP contribution in [0.15, 0.2) is 10.5 Å². The maximum atomic E-state index is 12.0. The van der Waals surface area contributed by atoms with Gasteiger partial charge in [-0.2, -0.15) is 11.8 Å². The molecule has 1 heterocycles. The standard InChI is InChI=1S/C16H26N2O3S/c1-10-7-14(11(2)21-10)16(3,20)9-17-15(19)18-12-5-6-13(8-12)22-4/h7,12-13,20H,5-6,8-9H2,1-4H3,(H2,17,18,19). The van der Waals surface area contributed by atoms with Crippen molar-refractivity contribution in [2.75, 3.05) is 12.8 Å². The first-order valence-corrected chi connectivity index (χ1v) is 8.97. The molecule has 2 amide bonds. The molecule has 1 aliphatic rings. The Balaban J connectivity index is 1.84. The van der Waals surface area contributed by atoms with E-state index in [1.165, 1.54) is 0 Å². The van der Waals surface area contributed by atoms with Crippen LogP contribution in [-0.2, 0) is 5.60 Å². The van der Waals surface area contributed by atoms with Gasteiger partial charge in [0.05, 0.1) is 6.54 Å². The summed E-state index contributed by atoms with van der Waals surface area (Å²) in [6, 6.07) is 1.83. The maximum Gasteiger partial charge on any atom is 0.315 e. The summed E-state index contributed by atoms with van der Waals surface area (Å²) >= 11 is 1.86. The Kier molecular flexibility index (Phi) is 5.45. The van der Waals surface area contributed by atoms with Crippen LogP contribution in [0.1, 0.15) is 43.3 Å². The molecule has 2 rings (SSSR count). The normalized spacial score (nSPS) is 24.0. The third-order valence-corrected chi connectivity index (χ3v) is 5.36. The molecule has 3 atom stereocenters. The number of carbonyl (C=O) groups is 1. The molecule has 0 bridgehead atoms. The molecule has 1 fully saturated rings. The Hall–Kier alpha value is -1.14. The van der Waals surface area contributed by atoms with Crippen LogP contribution in [0.5, 0.6) is 0 Å². The minimum atomic E-state index is -1.14. The summed E-state index contributed by atoms with van der Waals surface area (Å²) in [5.74, 6) is 1.44. The Bertz CT molecular complexity index is 527. The fourth-order valence-corrected chi connectivity index (χ4v) is 3.83. The molecule has 0 saturated heterocycles. The van der Waals surface area contributed by atoms with Crippen molar-refractivity contribution in [2.24, 2.45) is 0 Å². The van der Waals surface area contributed by atoms with E-state index in [1.54, 1.807) is 6.92 Å². The Morgan fingerprint density at radius 2 is 2.23 bits per heavy atom. The second-order valence-electron chi connectivity index (χ2n) is 6.30. The van der Waals surface area contributed by atoms with Crippen LogP contribution in [0.2, 0.25) is 0 Å². The van der Waals surface area contributed by atoms with Crippen molar-refractivity contribution < 1.29 is 14.3 Å². The number of nitrogens with one attached hydrogen (secondary N) is 2. The van der Waals surface area contributed by atoms with Gasteiger partial charge in [-0.25, -0.2) is 4.79 Å². The van der Waals surface area contributed by atoms with Gasteiger partial charge >= 0.3 is 6.03 Å². The molecule has 0 spiro atoms. The average molecular weight is 326 g/mol. The topological polar surface area (TPSA) is 74.5 Å². The first-order chi connectivity index (χ1) is 10.3.